The molecular formula is C21H21FN2OS. The summed E-state index contributed by atoms with van der Waals surface area (Å²) in [5, 5.41) is 0. The minimum absolute atomic E-state index is 0.0262. The highest BCUT2D eigenvalue weighted by molar-refractivity contribution is 7.98. The molecule has 3 rings (SSSR count). The van der Waals surface area contributed by atoms with E-state index in [9.17, 15) is 9.18 Å². The van der Waals surface area contributed by atoms with Crippen LogP contribution in [0.5, 0.6) is 0 Å². The topological polar surface area (TPSA) is 48.0 Å². The van der Waals surface area contributed by atoms with Gasteiger partial charge in [0.25, 0.3) is 0 Å². The number of nitrogens with two attached hydrogens (primary N) is 1. The van der Waals surface area contributed by atoms with Crippen LogP contribution in [0.3, 0.4) is 0 Å². The van der Waals surface area contributed by atoms with Crippen molar-refractivity contribution >= 4 is 23.2 Å². The fourth-order valence-electron chi connectivity index (χ4n) is 3.11. The van der Waals surface area contributed by atoms with E-state index in [0.29, 0.717) is 28.9 Å². The molecule has 0 aliphatic rings. The average molecular weight is 368 g/mol. The Labute approximate surface area is 157 Å². The lowest BCUT2D eigenvalue weighted by Gasteiger charge is -2.09. The second-order valence-corrected chi connectivity index (χ2v) is 7.19. The van der Waals surface area contributed by atoms with Gasteiger partial charge >= 0.3 is 0 Å². The summed E-state index contributed by atoms with van der Waals surface area (Å²) < 4.78 is 16.0. The third-order valence-electron chi connectivity index (χ3n) is 4.54. The molecule has 0 atom stereocenters. The number of rotatable bonds is 5. The van der Waals surface area contributed by atoms with Crippen molar-refractivity contribution in [3.8, 4) is 0 Å². The molecule has 2 N–H and O–H groups in total. The molecule has 1 heterocycles. The highest BCUT2D eigenvalue weighted by Crippen LogP contribution is 2.23. The van der Waals surface area contributed by atoms with Crippen LogP contribution < -0.4 is 5.73 Å². The Balaban J connectivity index is 1.93. The Morgan fingerprint density at radius 2 is 1.85 bits per heavy atom. The first-order valence-corrected chi connectivity index (χ1v) is 9.51. The predicted octanol–water partition coefficient (Wildman–Crippen LogP) is 4.60. The third kappa shape index (κ3) is 3.53. The van der Waals surface area contributed by atoms with Crippen LogP contribution in [-0.4, -0.2) is 16.6 Å². The molecule has 5 heteroatoms. The van der Waals surface area contributed by atoms with E-state index in [4.69, 9.17) is 5.73 Å². The molecule has 0 amide bonds. The zero-order valence-corrected chi connectivity index (χ0v) is 15.9. The van der Waals surface area contributed by atoms with Crippen LogP contribution in [0.4, 0.5) is 10.1 Å². The number of nitrogen functional groups attached to an aromatic ring is 1. The number of aromatic nitrogens is 1. The van der Waals surface area contributed by atoms with E-state index in [2.05, 4.69) is 0 Å². The van der Waals surface area contributed by atoms with Crippen LogP contribution in [0.15, 0.2) is 53.4 Å². The molecule has 0 unspecified atom stereocenters. The molecule has 0 spiro atoms. The van der Waals surface area contributed by atoms with E-state index in [1.807, 2.05) is 55.1 Å². The monoisotopic (exact) mass is 368 g/mol. The first-order valence-electron chi connectivity index (χ1n) is 8.28. The van der Waals surface area contributed by atoms with Crippen molar-refractivity contribution in [2.45, 2.75) is 18.2 Å². The quantitative estimate of drug-likeness (QED) is 0.407. The molecular weight excluding hydrogens is 347 g/mol. The largest absolute Gasteiger partial charge is 0.399 e. The molecule has 1 aromatic heterocycles. The number of carbonyl (C=O) groups is 1. The van der Waals surface area contributed by atoms with Gasteiger partial charge in [-0.15, -0.1) is 11.8 Å². The number of ketones is 1. The van der Waals surface area contributed by atoms with E-state index in [1.165, 1.54) is 6.07 Å². The first-order chi connectivity index (χ1) is 12.4. The van der Waals surface area contributed by atoms with Gasteiger partial charge in [0.15, 0.2) is 0 Å². The van der Waals surface area contributed by atoms with Crippen LogP contribution in [0.25, 0.3) is 0 Å². The molecule has 0 aliphatic heterocycles. The van der Waals surface area contributed by atoms with Crippen molar-refractivity contribution in [2.24, 2.45) is 7.05 Å². The van der Waals surface area contributed by atoms with E-state index < -0.39 is 0 Å². The number of halogens is 1. The molecule has 2 aromatic carbocycles. The zero-order valence-electron chi connectivity index (χ0n) is 15.0. The summed E-state index contributed by atoms with van der Waals surface area (Å²) in [6.45, 7) is 1.91. The first kappa shape index (κ1) is 18.3. The molecule has 0 saturated heterocycles. The summed E-state index contributed by atoms with van der Waals surface area (Å²) in [6.07, 6.45) is 2.41. The van der Waals surface area contributed by atoms with Crippen LogP contribution in [0.2, 0.25) is 0 Å². The maximum Gasteiger partial charge on any atom is 0.209 e. The minimum atomic E-state index is -0.329. The van der Waals surface area contributed by atoms with Gasteiger partial charge < -0.3 is 10.3 Å². The van der Waals surface area contributed by atoms with E-state index in [-0.39, 0.29) is 11.6 Å². The number of thioether (sulfide) groups is 1. The summed E-state index contributed by atoms with van der Waals surface area (Å²) in [7, 11) is 1.85. The van der Waals surface area contributed by atoms with Gasteiger partial charge in [-0.25, -0.2) is 4.39 Å². The van der Waals surface area contributed by atoms with Gasteiger partial charge in [0.05, 0.1) is 5.69 Å². The van der Waals surface area contributed by atoms with Crippen LogP contribution in [0, 0.1) is 12.7 Å². The highest BCUT2D eigenvalue weighted by atomic mass is 32.2. The van der Waals surface area contributed by atoms with Crippen molar-refractivity contribution in [1.82, 2.24) is 4.57 Å². The molecule has 0 bridgehead atoms. The van der Waals surface area contributed by atoms with Crippen molar-refractivity contribution in [2.75, 3.05) is 12.0 Å². The minimum Gasteiger partial charge on any atom is -0.399 e. The maximum absolute atomic E-state index is 14.1. The standard InChI is InChI=1S/C21H21FN2OS/c1-13-10-17(11-15-4-7-16(23)12-19(15)22)24(2)20(13)21(25)14-5-8-18(26-3)9-6-14/h4-10,12H,11,23H2,1-3H3. The second kappa shape index (κ2) is 7.38. The SMILES string of the molecule is CSc1ccc(C(=O)c2c(C)cc(Cc3ccc(N)cc3F)n2C)cc1. The number of hydrogen-bond donors (Lipinski definition) is 1. The third-order valence-corrected chi connectivity index (χ3v) is 5.28. The normalized spacial score (nSPS) is 10.9. The Bertz CT molecular complexity index is 961. The van der Waals surface area contributed by atoms with Crippen molar-refractivity contribution in [1.29, 1.82) is 0 Å². The van der Waals surface area contributed by atoms with Crippen LogP contribution in [0.1, 0.15) is 32.9 Å². The summed E-state index contributed by atoms with van der Waals surface area (Å²) in [5.74, 6) is -0.355. The van der Waals surface area contributed by atoms with Crippen molar-refractivity contribution in [3.05, 3.63) is 82.4 Å². The number of anilines is 1. The van der Waals surface area contributed by atoms with E-state index >= 15 is 0 Å². The fourth-order valence-corrected chi connectivity index (χ4v) is 3.51. The van der Waals surface area contributed by atoms with Gasteiger partial charge in [0.2, 0.25) is 5.78 Å². The van der Waals surface area contributed by atoms with E-state index in [1.54, 1.807) is 23.9 Å². The second-order valence-electron chi connectivity index (χ2n) is 6.31. The van der Waals surface area contributed by atoms with Gasteiger partial charge in [-0.2, -0.15) is 0 Å². The lowest BCUT2D eigenvalue weighted by molar-refractivity contribution is 0.103. The summed E-state index contributed by atoms with van der Waals surface area (Å²) in [5.41, 5.74) is 9.63. The summed E-state index contributed by atoms with van der Waals surface area (Å²) in [4.78, 5) is 14.1. The molecule has 0 aliphatic carbocycles. The Morgan fingerprint density at radius 3 is 2.46 bits per heavy atom. The molecule has 0 radical (unpaired) electrons. The Hall–Kier alpha value is -2.53. The number of aryl methyl sites for hydroxylation is 1. The average Bonchev–Trinajstić information content (AvgIpc) is 2.90. The van der Waals surface area contributed by atoms with Gasteiger partial charge in [-0.1, -0.05) is 6.07 Å². The number of nitrogens with zero attached hydrogens (tertiary/aromatic N) is 1. The molecule has 3 aromatic rings. The Morgan fingerprint density at radius 1 is 1.15 bits per heavy atom. The van der Waals surface area contributed by atoms with Gasteiger partial charge in [0, 0.05) is 35.3 Å². The van der Waals surface area contributed by atoms with Crippen LogP contribution >= 0.6 is 11.8 Å². The van der Waals surface area contributed by atoms with Gasteiger partial charge in [0.1, 0.15) is 5.82 Å². The Kier molecular flexibility index (Phi) is 5.18. The smallest absolute Gasteiger partial charge is 0.209 e. The maximum atomic E-state index is 14.1. The molecule has 0 fully saturated rings. The van der Waals surface area contributed by atoms with Crippen LogP contribution in [-0.2, 0) is 13.5 Å². The summed E-state index contributed by atoms with van der Waals surface area (Å²) in [6, 6.07) is 14.2. The lowest BCUT2D eigenvalue weighted by Crippen LogP contribution is -2.11. The van der Waals surface area contributed by atoms with Gasteiger partial charge in [-0.05, 0) is 66.8 Å². The molecule has 134 valence electrons. The fraction of sp³-hybridized carbons (Fsp3) is 0.190. The summed E-state index contributed by atoms with van der Waals surface area (Å²) >= 11 is 1.64. The molecule has 0 saturated carbocycles. The van der Waals surface area contributed by atoms with Crippen molar-refractivity contribution in [3.63, 3.8) is 0 Å². The number of hydrogen-bond acceptors (Lipinski definition) is 3. The zero-order chi connectivity index (χ0) is 18.8. The van der Waals surface area contributed by atoms with Gasteiger partial charge in [-0.3, -0.25) is 4.79 Å². The van der Waals surface area contributed by atoms with Crippen molar-refractivity contribution < 1.29 is 9.18 Å². The number of benzene rings is 2. The lowest BCUT2D eigenvalue weighted by atomic mass is 10.1. The molecule has 26 heavy (non-hydrogen) atoms. The predicted molar refractivity (Wildman–Crippen MR) is 105 cm³/mol. The molecule has 3 nitrogen and oxygen atoms in total. The number of carbonyl (C=O) groups excluding carboxylic acids is 1. The van der Waals surface area contributed by atoms with E-state index in [0.717, 1.165) is 16.2 Å². The highest BCUT2D eigenvalue weighted by Gasteiger charge is 2.19.